The first kappa shape index (κ1) is 19.0. The zero-order chi connectivity index (χ0) is 18.5. The van der Waals surface area contributed by atoms with Gasteiger partial charge in [0.15, 0.2) is 0 Å². The molecule has 2 atom stereocenters. The Balaban J connectivity index is 1.67. The van der Waals surface area contributed by atoms with Gasteiger partial charge >= 0.3 is 0 Å². The molecule has 1 saturated heterocycles. The van der Waals surface area contributed by atoms with E-state index in [0.717, 1.165) is 30.9 Å². The number of nitrogens with zero attached hydrogens (tertiary/aromatic N) is 3. The van der Waals surface area contributed by atoms with Gasteiger partial charge in [-0.2, -0.15) is 0 Å². The zero-order valence-electron chi connectivity index (χ0n) is 15.5. The molecule has 1 fully saturated rings. The predicted molar refractivity (Wildman–Crippen MR) is 105 cm³/mol. The fraction of sp³-hybridized carbons (Fsp3) is 0.500. The largest absolute Gasteiger partial charge is 0.396 e. The molecule has 3 rings (SSSR count). The number of aliphatic hydroxyl groups excluding tert-OH is 1. The summed E-state index contributed by atoms with van der Waals surface area (Å²) in [6, 6.07) is 10.2. The van der Waals surface area contributed by atoms with Crippen LogP contribution in [-0.4, -0.2) is 66.1 Å². The SMILES string of the molecule is CN(C)C[C@@H]1C[C@H](CO)CN(C(=O)c2csc(Cc3ccccc3)n2)C1. The Hall–Kier alpha value is -1.76. The predicted octanol–water partition coefficient (Wildman–Crippen LogP) is 2.37. The molecule has 1 amide bonds. The highest BCUT2D eigenvalue weighted by molar-refractivity contribution is 7.09. The van der Waals surface area contributed by atoms with E-state index in [2.05, 4.69) is 22.0 Å². The van der Waals surface area contributed by atoms with Gasteiger partial charge in [0.2, 0.25) is 0 Å². The highest BCUT2D eigenvalue weighted by Crippen LogP contribution is 2.24. The summed E-state index contributed by atoms with van der Waals surface area (Å²) < 4.78 is 0. The number of amides is 1. The summed E-state index contributed by atoms with van der Waals surface area (Å²) >= 11 is 1.54. The second-order valence-corrected chi connectivity index (χ2v) is 8.35. The maximum Gasteiger partial charge on any atom is 0.273 e. The summed E-state index contributed by atoms with van der Waals surface area (Å²) in [6.45, 7) is 2.41. The zero-order valence-corrected chi connectivity index (χ0v) is 16.3. The van der Waals surface area contributed by atoms with Crippen LogP contribution in [0.1, 0.15) is 27.5 Å². The van der Waals surface area contributed by atoms with Crippen molar-refractivity contribution < 1.29 is 9.90 Å². The number of benzene rings is 1. The van der Waals surface area contributed by atoms with Crippen molar-refractivity contribution in [3.63, 3.8) is 0 Å². The van der Waals surface area contributed by atoms with E-state index >= 15 is 0 Å². The minimum atomic E-state index is -0.0116. The quantitative estimate of drug-likeness (QED) is 0.845. The summed E-state index contributed by atoms with van der Waals surface area (Å²) in [5.74, 6) is 0.532. The molecule has 0 radical (unpaired) electrons. The molecule has 0 aliphatic carbocycles. The fourth-order valence-corrected chi connectivity index (χ4v) is 4.49. The molecule has 1 N–H and O–H groups in total. The number of carbonyl (C=O) groups excluding carboxylic acids is 1. The Kier molecular flexibility index (Phi) is 6.40. The summed E-state index contributed by atoms with van der Waals surface area (Å²) in [7, 11) is 4.09. The highest BCUT2D eigenvalue weighted by Gasteiger charge is 2.31. The van der Waals surface area contributed by atoms with E-state index in [-0.39, 0.29) is 18.4 Å². The van der Waals surface area contributed by atoms with Crippen LogP contribution in [0.15, 0.2) is 35.7 Å². The summed E-state index contributed by atoms with van der Waals surface area (Å²) in [5, 5.41) is 12.4. The molecular weight excluding hydrogens is 346 g/mol. The highest BCUT2D eigenvalue weighted by atomic mass is 32.1. The minimum absolute atomic E-state index is 0.0116. The average molecular weight is 374 g/mol. The van der Waals surface area contributed by atoms with Gasteiger partial charge in [-0.05, 0) is 37.9 Å². The van der Waals surface area contributed by atoms with Gasteiger partial charge in [-0.15, -0.1) is 11.3 Å². The Bertz CT molecular complexity index is 717. The molecule has 1 aliphatic heterocycles. The Morgan fingerprint density at radius 3 is 2.69 bits per heavy atom. The Morgan fingerprint density at radius 2 is 2.00 bits per heavy atom. The second-order valence-electron chi connectivity index (χ2n) is 7.41. The topological polar surface area (TPSA) is 56.7 Å². The van der Waals surface area contributed by atoms with Crippen LogP contribution in [-0.2, 0) is 6.42 Å². The van der Waals surface area contributed by atoms with Crippen molar-refractivity contribution in [1.29, 1.82) is 0 Å². The first-order valence-corrected chi connectivity index (χ1v) is 9.96. The summed E-state index contributed by atoms with van der Waals surface area (Å²) in [6.07, 6.45) is 1.72. The third-order valence-electron chi connectivity index (χ3n) is 4.76. The van der Waals surface area contributed by atoms with Crippen molar-refractivity contribution >= 4 is 17.2 Å². The van der Waals surface area contributed by atoms with E-state index in [9.17, 15) is 9.90 Å². The molecule has 1 aliphatic rings. The lowest BCUT2D eigenvalue weighted by atomic mass is 9.89. The second kappa shape index (κ2) is 8.75. The lowest BCUT2D eigenvalue weighted by Gasteiger charge is -2.38. The number of thiazole rings is 1. The van der Waals surface area contributed by atoms with Crippen LogP contribution in [0.3, 0.4) is 0 Å². The van der Waals surface area contributed by atoms with E-state index < -0.39 is 0 Å². The van der Waals surface area contributed by atoms with Crippen molar-refractivity contribution in [3.05, 3.63) is 52.0 Å². The summed E-state index contributed by atoms with van der Waals surface area (Å²) in [5.41, 5.74) is 1.73. The van der Waals surface area contributed by atoms with E-state index in [1.54, 1.807) is 0 Å². The lowest BCUT2D eigenvalue weighted by Crippen LogP contribution is -2.47. The number of carbonyl (C=O) groups is 1. The molecule has 140 valence electrons. The van der Waals surface area contributed by atoms with Crippen LogP contribution in [0.5, 0.6) is 0 Å². The van der Waals surface area contributed by atoms with Crippen molar-refractivity contribution in [1.82, 2.24) is 14.8 Å². The number of aromatic nitrogens is 1. The molecule has 2 heterocycles. The van der Waals surface area contributed by atoms with E-state index in [0.29, 0.717) is 18.2 Å². The van der Waals surface area contributed by atoms with Gasteiger partial charge in [0.25, 0.3) is 5.91 Å². The molecule has 2 aromatic rings. The fourth-order valence-electron chi connectivity index (χ4n) is 3.69. The van der Waals surface area contributed by atoms with Crippen molar-refractivity contribution in [3.8, 4) is 0 Å². The molecular formula is C20H27N3O2S. The van der Waals surface area contributed by atoms with Gasteiger partial charge in [0, 0.05) is 38.0 Å². The Morgan fingerprint density at radius 1 is 1.27 bits per heavy atom. The van der Waals surface area contributed by atoms with Crippen LogP contribution in [0.25, 0.3) is 0 Å². The number of rotatable bonds is 6. The number of hydrogen-bond acceptors (Lipinski definition) is 5. The van der Waals surface area contributed by atoms with Gasteiger partial charge < -0.3 is 14.9 Å². The maximum atomic E-state index is 12.9. The van der Waals surface area contributed by atoms with Gasteiger partial charge in [-0.3, -0.25) is 4.79 Å². The van der Waals surface area contributed by atoms with E-state index in [1.807, 2.05) is 42.6 Å². The number of hydrogen-bond donors (Lipinski definition) is 1. The number of aliphatic hydroxyl groups is 1. The molecule has 0 bridgehead atoms. The maximum absolute atomic E-state index is 12.9. The third-order valence-corrected chi connectivity index (χ3v) is 5.61. The third kappa shape index (κ3) is 4.90. The van der Waals surface area contributed by atoms with Gasteiger partial charge in [0.1, 0.15) is 5.69 Å². The van der Waals surface area contributed by atoms with Gasteiger partial charge in [-0.1, -0.05) is 30.3 Å². The molecule has 1 aromatic heterocycles. The first-order valence-electron chi connectivity index (χ1n) is 9.08. The minimum Gasteiger partial charge on any atom is -0.396 e. The average Bonchev–Trinajstić information content (AvgIpc) is 3.09. The smallest absolute Gasteiger partial charge is 0.273 e. The number of likely N-dealkylation sites (tertiary alicyclic amines) is 1. The molecule has 0 spiro atoms. The molecule has 6 heteroatoms. The summed E-state index contributed by atoms with van der Waals surface area (Å²) in [4.78, 5) is 21.5. The standard InChI is InChI=1S/C20H27N3O2S/c1-22(2)10-16-8-17(13-24)12-23(11-16)20(25)18-14-26-19(21-18)9-15-6-4-3-5-7-15/h3-7,14,16-17,24H,8-13H2,1-2H3/t16-,17-/m0/s1. The van der Waals surface area contributed by atoms with Crippen LogP contribution in [0.4, 0.5) is 0 Å². The van der Waals surface area contributed by atoms with Crippen LogP contribution in [0, 0.1) is 11.8 Å². The van der Waals surface area contributed by atoms with Crippen LogP contribution < -0.4 is 0 Å². The molecule has 0 saturated carbocycles. The van der Waals surface area contributed by atoms with Gasteiger partial charge in [0.05, 0.1) is 5.01 Å². The monoisotopic (exact) mass is 373 g/mol. The molecule has 0 unspecified atom stereocenters. The first-order chi connectivity index (χ1) is 12.5. The van der Waals surface area contributed by atoms with Crippen molar-refractivity contribution in [2.24, 2.45) is 11.8 Å². The van der Waals surface area contributed by atoms with Crippen LogP contribution >= 0.6 is 11.3 Å². The normalized spacial score (nSPS) is 20.5. The van der Waals surface area contributed by atoms with Crippen molar-refractivity contribution in [2.45, 2.75) is 12.8 Å². The van der Waals surface area contributed by atoms with Crippen LogP contribution in [0.2, 0.25) is 0 Å². The molecule has 1 aromatic carbocycles. The molecule has 5 nitrogen and oxygen atoms in total. The molecule has 26 heavy (non-hydrogen) atoms. The van der Waals surface area contributed by atoms with E-state index in [1.165, 1.54) is 16.9 Å². The number of piperidine rings is 1. The van der Waals surface area contributed by atoms with Gasteiger partial charge in [-0.25, -0.2) is 4.98 Å². The lowest BCUT2D eigenvalue weighted by molar-refractivity contribution is 0.0473. The Labute approximate surface area is 159 Å². The van der Waals surface area contributed by atoms with Crippen molar-refractivity contribution in [2.75, 3.05) is 40.3 Å². The van der Waals surface area contributed by atoms with E-state index in [4.69, 9.17) is 0 Å².